The van der Waals surface area contributed by atoms with Crippen LogP contribution < -0.4 is 0 Å². The Balaban J connectivity index is 2.87. The van der Waals surface area contributed by atoms with Crippen molar-refractivity contribution in [3.8, 4) is 0 Å². The van der Waals surface area contributed by atoms with Crippen LogP contribution in [0.15, 0.2) is 0 Å². The number of unbranched alkanes of at least 4 members (excludes halogenated alkanes) is 6. The van der Waals surface area contributed by atoms with E-state index in [1.807, 2.05) is 0 Å². The van der Waals surface area contributed by atoms with Gasteiger partial charge in [-0.1, -0.05) is 0 Å². The van der Waals surface area contributed by atoms with Crippen molar-refractivity contribution in [2.24, 2.45) is 0 Å². The van der Waals surface area contributed by atoms with Gasteiger partial charge in [0.2, 0.25) is 0 Å². The zero-order chi connectivity index (χ0) is 9.94. The monoisotopic (exact) mass is 224 g/mol. The molecule has 0 aliphatic carbocycles. The molecule has 0 atom stereocenters. The molecular formula is C9H20O3Ti. The van der Waals surface area contributed by atoms with Gasteiger partial charge >= 0.3 is 87.4 Å². The molecule has 0 saturated heterocycles. The molecule has 0 radical (unpaired) electrons. The van der Waals surface area contributed by atoms with E-state index in [1.54, 1.807) is 0 Å². The summed E-state index contributed by atoms with van der Waals surface area (Å²) in [6, 6.07) is 0. The van der Waals surface area contributed by atoms with Gasteiger partial charge in [-0.25, -0.2) is 0 Å². The Hall–Kier alpha value is 0.434. The van der Waals surface area contributed by atoms with Gasteiger partial charge in [0.25, 0.3) is 0 Å². The van der Waals surface area contributed by atoms with Crippen molar-refractivity contribution in [1.82, 2.24) is 0 Å². The van der Waals surface area contributed by atoms with Gasteiger partial charge in [-0.2, -0.15) is 0 Å². The fourth-order valence-corrected chi connectivity index (χ4v) is 1.72. The number of hydrogen-bond acceptors (Lipinski definition) is 2. The van der Waals surface area contributed by atoms with E-state index in [4.69, 9.17) is 3.69 Å². The van der Waals surface area contributed by atoms with Gasteiger partial charge in [-0.15, -0.1) is 0 Å². The molecule has 0 bridgehead atoms. The van der Waals surface area contributed by atoms with Crippen molar-refractivity contribution >= 4 is 0 Å². The minimum atomic E-state index is -3.22. The van der Waals surface area contributed by atoms with Gasteiger partial charge in [0.1, 0.15) is 0 Å². The van der Waals surface area contributed by atoms with Crippen molar-refractivity contribution in [3.05, 3.63) is 0 Å². The molecule has 0 aromatic heterocycles. The molecule has 0 aliphatic heterocycles. The first-order chi connectivity index (χ1) is 6.27. The zero-order valence-electron chi connectivity index (χ0n) is 8.42. The van der Waals surface area contributed by atoms with Crippen LogP contribution in [0.2, 0.25) is 0 Å². The standard InChI is InChI=1S/C9H19O.H2O.O.Ti/c1-2-3-4-5-6-7-8-9-10;;;/h2-9H2,1H3;1H2;;/q-1;;;+2/p-1. The van der Waals surface area contributed by atoms with E-state index >= 15 is 0 Å². The van der Waals surface area contributed by atoms with Gasteiger partial charge in [0.05, 0.1) is 0 Å². The normalized spacial score (nSPS) is 10.3. The SMILES string of the molecule is CCCCCCCCC[O][Ti](=[O])[OH]. The Kier molecular flexibility index (Phi) is 10.9. The summed E-state index contributed by atoms with van der Waals surface area (Å²) in [7, 11) is 0. The Morgan fingerprint density at radius 3 is 2.15 bits per heavy atom. The van der Waals surface area contributed by atoms with E-state index in [2.05, 4.69) is 10.2 Å². The molecule has 0 rings (SSSR count). The molecule has 78 valence electrons. The predicted octanol–water partition coefficient (Wildman–Crippen LogP) is 2.54. The predicted molar refractivity (Wildman–Crippen MR) is 46.9 cm³/mol. The summed E-state index contributed by atoms with van der Waals surface area (Å²) in [5, 5.41) is 0. The van der Waals surface area contributed by atoms with Crippen LogP contribution in [0.5, 0.6) is 0 Å². The molecule has 4 heteroatoms. The second kappa shape index (κ2) is 10.5. The molecule has 0 saturated carbocycles. The summed E-state index contributed by atoms with van der Waals surface area (Å²) in [4.78, 5) is 0. The van der Waals surface area contributed by atoms with Gasteiger partial charge in [0, 0.05) is 0 Å². The fourth-order valence-electron chi connectivity index (χ4n) is 1.22. The van der Waals surface area contributed by atoms with E-state index < -0.39 is 18.6 Å². The average Bonchev–Trinajstić information content (AvgIpc) is 2.09. The molecule has 1 N–H and O–H groups in total. The molecule has 0 aromatic rings. The van der Waals surface area contributed by atoms with Crippen LogP contribution in [0, 0.1) is 0 Å². The van der Waals surface area contributed by atoms with E-state index in [0.717, 1.165) is 12.8 Å². The van der Waals surface area contributed by atoms with Crippen molar-refractivity contribution in [2.45, 2.75) is 51.9 Å². The van der Waals surface area contributed by atoms with Crippen molar-refractivity contribution in [2.75, 3.05) is 6.61 Å². The Labute approximate surface area is 87.6 Å². The van der Waals surface area contributed by atoms with Crippen molar-refractivity contribution in [1.29, 1.82) is 0 Å². The maximum atomic E-state index is 10.2. The summed E-state index contributed by atoms with van der Waals surface area (Å²) in [6.07, 6.45) is 8.47. The Bertz CT molecular complexity index is 128. The van der Waals surface area contributed by atoms with Crippen LogP contribution >= 0.6 is 0 Å². The Morgan fingerprint density at radius 1 is 1.08 bits per heavy atom. The Morgan fingerprint density at radius 2 is 1.62 bits per heavy atom. The first-order valence-corrected chi connectivity index (χ1v) is 7.10. The third-order valence-electron chi connectivity index (χ3n) is 1.97. The van der Waals surface area contributed by atoms with Crippen LogP contribution in [0.4, 0.5) is 0 Å². The van der Waals surface area contributed by atoms with Gasteiger partial charge < -0.3 is 0 Å². The van der Waals surface area contributed by atoms with Crippen molar-refractivity contribution in [3.63, 3.8) is 0 Å². The van der Waals surface area contributed by atoms with Crippen LogP contribution in [-0.2, 0) is 25.3 Å². The van der Waals surface area contributed by atoms with Crippen LogP contribution in [0.3, 0.4) is 0 Å². The third kappa shape index (κ3) is 12.4. The van der Waals surface area contributed by atoms with Crippen LogP contribution in [0.1, 0.15) is 51.9 Å². The fraction of sp³-hybridized carbons (Fsp3) is 1.00. The molecule has 0 aliphatic rings. The third-order valence-corrected chi connectivity index (χ3v) is 2.68. The second-order valence-electron chi connectivity index (χ2n) is 3.24. The average molecular weight is 224 g/mol. The quantitative estimate of drug-likeness (QED) is 0.483. The molecule has 0 aromatic carbocycles. The van der Waals surface area contributed by atoms with E-state index in [1.165, 1.54) is 32.1 Å². The summed E-state index contributed by atoms with van der Waals surface area (Å²) in [5.41, 5.74) is 0. The van der Waals surface area contributed by atoms with E-state index in [9.17, 15) is 3.32 Å². The topological polar surface area (TPSA) is 46.5 Å². The van der Waals surface area contributed by atoms with E-state index in [0.29, 0.717) is 6.61 Å². The van der Waals surface area contributed by atoms with E-state index in [-0.39, 0.29) is 0 Å². The summed E-state index contributed by atoms with van der Waals surface area (Å²) >= 11 is -3.22. The van der Waals surface area contributed by atoms with Gasteiger partial charge in [-0.05, 0) is 0 Å². The number of hydrogen-bond donors (Lipinski definition) is 1. The molecule has 0 heterocycles. The first-order valence-electron chi connectivity index (χ1n) is 5.13. The minimum absolute atomic E-state index is 0.461. The molecule has 0 fully saturated rings. The van der Waals surface area contributed by atoms with Crippen molar-refractivity contribution < 1.29 is 28.9 Å². The molecule has 3 nitrogen and oxygen atoms in total. The second-order valence-corrected chi connectivity index (χ2v) is 4.52. The molecule has 13 heavy (non-hydrogen) atoms. The van der Waals surface area contributed by atoms with Crippen LogP contribution in [-0.4, -0.2) is 10.3 Å². The number of rotatable bonds is 9. The molecule has 0 amide bonds. The van der Waals surface area contributed by atoms with Gasteiger partial charge in [-0.3, -0.25) is 0 Å². The maximum absolute atomic E-state index is 10.2. The molecule has 0 unspecified atom stereocenters. The summed E-state index contributed by atoms with van der Waals surface area (Å²) in [5.74, 6) is 0. The summed E-state index contributed by atoms with van der Waals surface area (Å²) < 4.78 is 23.3. The van der Waals surface area contributed by atoms with Crippen LogP contribution in [0.25, 0.3) is 0 Å². The molecule has 0 spiro atoms. The zero-order valence-corrected chi connectivity index (χ0v) is 9.98. The summed E-state index contributed by atoms with van der Waals surface area (Å²) in [6.45, 7) is 2.66. The first kappa shape index (κ1) is 13.4. The molecular weight excluding hydrogens is 204 g/mol. The van der Waals surface area contributed by atoms with Gasteiger partial charge in [0.15, 0.2) is 0 Å².